The molecule has 0 spiro atoms. The first-order valence-corrected chi connectivity index (χ1v) is 10.5. The Balaban J connectivity index is 1.54. The maximum Gasteiger partial charge on any atom is 0.230 e. The van der Waals surface area contributed by atoms with Crippen molar-refractivity contribution in [2.24, 2.45) is 0 Å². The molecule has 2 aromatic carbocycles. The molecule has 0 fully saturated rings. The quantitative estimate of drug-likeness (QED) is 0.550. The van der Waals surface area contributed by atoms with Gasteiger partial charge >= 0.3 is 0 Å². The van der Waals surface area contributed by atoms with Gasteiger partial charge in [-0.3, -0.25) is 9.36 Å². The van der Waals surface area contributed by atoms with Crippen LogP contribution in [0, 0.1) is 13.8 Å². The van der Waals surface area contributed by atoms with E-state index in [0.717, 1.165) is 11.3 Å². The van der Waals surface area contributed by atoms with Gasteiger partial charge in [0.15, 0.2) is 5.16 Å². The highest BCUT2D eigenvalue weighted by Crippen LogP contribution is 2.24. The number of rotatable bonds is 7. The van der Waals surface area contributed by atoms with Gasteiger partial charge in [0.05, 0.1) is 5.75 Å². The van der Waals surface area contributed by atoms with Gasteiger partial charge in [0.1, 0.15) is 6.33 Å². The Morgan fingerprint density at radius 1 is 1.14 bits per heavy atom. The zero-order valence-corrected chi connectivity index (χ0v) is 17.9. The molecule has 0 aliphatic rings. The molecule has 5 nitrogen and oxygen atoms in total. The molecule has 1 N–H and O–H groups in total. The highest BCUT2D eigenvalue weighted by atomic mass is 35.5. The number of aromatic nitrogens is 3. The first kappa shape index (κ1) is 20.7. The fraction of sp³-hybridized carbons (Fsp3) is 0.250. The normalized spacial score (nSPS) is 10.9. The van der Waals surface area contributed by atoms with Gasteiger partial charge in [-0.05, 0) is 61.2 Å². The van der Waals surface area contributed by atoms with Crippen LogP contribution >= 0.6 is 35.0 Å². The van der Waals surface area contributed by atoms with E-state index in [1.807, 2.05) is 10.6 Å². The number of nitrogens with one attached hydrogen (secondary N) is 1. The summed E-state index contributed by atoms with van der Waals surface area (Å²) in [6.45, 7) is 4.60. The standard InChI is InChI=1S/C20H20Cl2N4OS/c1-13-6-7-15(10-14(13)2)26-12-24-25-20(26)28-11-19(27)23-9-8-16-17(21)4-3-5-18(16)22/h3-7,10,12H,8-9,11H2,1-2H3,(H,23,27). The Hall–Kier alpha value is -2.02. The Morgan fingerprint density at radius 2 is 1.89 bits per heavy atom. The van der Waals surface area contributed by atoms with E-state index >= 15 is 0 Å². The lowest BCUT2D eigenvalue weighted by Gasteiger charge is -2.10. The average Bonchev–Trinajstić information content (AvgIpc) is 3.13. The Labute approximate surface area is 178 Å². The van der Waals surface area contributed by atoms with E-state index in [9.17, 15) is 4.79 Å². The van der Waals surface area contributed by atoms with Crippen LogP contribution in [0.1, 0.15) is 16.7 Å². The van der Waals surface area contributed by atoms with Gasteiger partial charge in [0.2, 0.25) is 5.91 Å². The van der Waals surface area contributed by atoms with Gasteiger partial charge in [-0.25, -0.2) is 0 Å². The second-order valence-electron chi connectivity index (χ2n) is 6.34. The van der Waals surface area contributed by atoms with E-state index in [0.29, 0.717) is 28.2 Å². The summed E-state index contributed by atoms with van der Waals surface area (Å²) in [6.07, 6.45) is 2.23. The summed E-state index contributed by atoms with van der Waals surface area (Å²) in [7, 11) is 0. The molecule has 1 amide bonds. The SMILES string of the molecule is Cc1ccc(-n2cnnc2SCC(=O)NCCc2c(Cl)cccc2Cl)cc1C. The van der Waals surface area contributed by atoms with Gasteiger partial charge in [0.25, 0.3) is 0 Å². The Morgan fingerprint density at radius 3 is 2.61 bits per heavy atom. The molecule has 3 aromatic rings. The molecular weight excluding hydrogens is 415 g/mol. The van der Waals surface area contributed by atoms with Crippen LogP contribution in [0.4, 0.5) is 0 Å². The van der Waals surface area contributed by atoms with E-state index in [2.05, 4.69) is 41.5 Å². The zero-order valence-electron chi connectivity index (χ0n) is 15.6. The molecule has 0 atom stereocenters. The third-order valence-corrected chi connectivity index (χ3v) is 6.03. The van der Waals surface area contributed by atoms with Crippen LogP contribution in [-0.4, -0.2) is 33.0 Å². The summed E-state index contributed by atoms with van der Waals surface area (Å²) in [5.41, 5.74) is 4.24. The van der Waals surface area contributed by atoms with Gasteiger partial charge in [0, 0.05) is 22.3 Å². The molecule has 0 aliphatic carbocycles. The minimum absolute atomic E-state index is 0.0807. The molecule has 0 bridgehead atoms. The van der Waals surface area contributed by atoms with Crippen molar-refractivity contribution in [1.29, 1.82) is 0 Å². The third-order valence-electron chi connectivity index (χ3n) is 4.38. The number of hydrogen-bond acceptors (Lipinski definition) is 4. The summed E-state index contributed by atoms with van der Waals surface area (Å²) in [6, 6.07) is 11.5. The van der Waals surface area contributed by atoms with Gasteiger partial charge in [-0.1, -0.05) is 47.1 Å². The number of carbonyl (C=O) groups is 1. The Kier molecular flexibility index (Phi) is 6.99. The smallest absolute Gasteiger partial charge is 0.230 e. The van der Waals surface area contributed by atoms with E-state index < -0.39 is 0 Å². The molecule has 3 rings (SSSR count). The molecule has 1 aromatic heterocycles. The van der Waals surface area contributed by atoms with Crippen molar-refractivity contribution in [3.8, 4) is 5.69 Å². The minimum atomic E-state index is -0.0807. The highest BCUT2D eigenvalue weighted by Gasteiger charge is 2.11. The maximum atomic E-state index is 12.2. The first-order valence-electron chi connectivity index (χ1n) is 8.75. The lowest BCUT2D eigenvalue weighted by Crippen LogP contribution is -2.27. The summed E-state index contributed by atoms with van der Waals surface area (Å²) < 4.78 is 1.88. The predicted octanol–water partition coefficient (Wildman–Crippen LogP) is 4.64. The lowest BCUT2D eigenvalue weighted by atomic mass is 10.1. The summed E-state index contributed by atoms with van der Waals surface area (Å²) in [5, 5.41) is 12.9. The monoisotopic (exact) mass is 434 g/mol. The lowest BCUT2D eigenvalue weighted by molar-refractivity contribution is -0.118. The van der Waals surface area contributed by atoms with Crippen molar-refractivity contribution in [3.05, 3.63) is 69.5 Å². The van der Waals surface area contributed by atoms with Crippen LogP contribution in [0.25, 0.3) is 5.69 Å². The van der Waals surface area contributed by atoms with Crippen molar-refractivity contribution in [2.45, 2.75) is 25.4 Å². The van der Waals surface area contributed by atoms with E-state index in [4.69, 9.17) is 23.2 Å². The third kappa shape index (κ3) is 5.07. The molecule has 0 saturated heterocycles. The fourth-order valence-corrected chi connectivity index (χ4v) is 4.00. The number of amides is 1. The van der Waals surface area contributed by atoms with E-state index in [1.54, 1.807) is 24.5 Å². The molecule has 8 heteroatoms. The maximum absolute atomic E-state index is 12.2. The first-order chi connectivity index (χ1) is 13.5. The van der Waals surface area contributed by atoms with Gasteiger partial charge in [-0.15, -0.1) is 10.2 Å². The summed E-state index contributed by atoms with van der Waals surface area (Å²) >= 11 is 13.6. The number of benzene rings is 2. The van der Waals surface area contributed by atoms with Crippen molar-refractivity contribution >= 4 is 40.9 Å². The minimum Gasteiger partial charge on any atom is -0.355 e. The highest BCUT2D eigenvalue weighted by molar-refractivity contribution is 7.99. The number of nitrogens with zero attached hydrogens (tertiary/aromatic N) is 3. The second kappa shape index (κ2) is 9.45. The van der Waals surface area contributed by atoms with Crippen LogP contribution in [0.15, 0.2) is 47.9 Å². The van der Waals surface area contributed by atoms with Crippen molar-refractivity contribution < 1.29 is 4.79 Å². The average molecular weight is 435 g/mol. The van der Waals surface area contributed by atoms with Crippen LogP contribution in [0.5, 0.6) is 0 Å². The van der Waals surface area contributed by atoms with Gasteiger partial charge in [-0.2, -0.15) is 0 Å². The summed E-state index contributed by atoms with van der Waals surface area (Å²) in [5.74, 6) is 0.169. The Bertz CT molecular complexity index is 970. The summed E-state index contributed by atoms with van der Waals surface area (Å²) in [4.78, 5) is 12.2. The van der Waals surface area contributed by atoms with Crippen LogP contribution < -0.4 is 5.32 Å². The van der Waals surface area contributed by atoms with Crippen molar-refractivity contribution in [1.82, 2.24) is 20.1 Å². The number of hydrogen-bond donors (Lipinski definition) is 1. The predicted molar refractivity (Wildman–Crippen MR) is 115 cm³/mol. The molecule has 146 valence electrons. The van der Waals surface area contributed by atoms with Crippen molar-refractivity contribution in [2.75, 3.05) is 12.3 Å². The number of halogens is 2. The largest absolute Gasteiger partial charge is 0.355 e. The van der Waals surface area contributed by atoms with Gasteiger partial charge < -0.3 is 5.32 Å². The number of carbonyl (C=O) groups excluding carboxylic acids is 1. The fourth-order valence-electron chi connectivity index (χ4n) is 2.65. The molecule has 28 heavy (non-hydrogen) atoms. The number of thioether (sulfide) groups is 1. The van der Waals surface area contributed by atoms with Crippen molar-refractivity contribution in [3.63, 3.8) is 0 Å². The van der Waals surface area contributed by atoms with E-state index in [1.165, 1.54) is 22.9 Å². The van der Waals surface area contributed by atoms with Crippen LogP contribution in [0.3, 0.4) is 0 Å². The molecule has 0 radical (unpaired) electrons. The molecule has 0 unspecified atom stereocenters. The van der Waals surface area contributed by atoms with Crippen LogP contribution in [-0.2, 0) is 11.2 Å². The molecular formula is C20H20Cl2N4OS. The molecule has 1 heterocycles. The second-order valence-corrected chi connectivity index (χ2v) is 8.10. The van der Waals surface area contributed by atoms with Crippen LogP contribution in [0.2, 0.25) is 10.0 Å². The number of aryl methyl sites for hydroxylation is 2. The molecule has 0 saturated carbocycles. The van der Waals surface area contributed by atoms with E-state index in [-0.39, 0.29) is 11.7 Å². The zero-order chi connectivity index (χ0) is 20.1. The molecule has 0 aliphatic heterocycles. The topological polar surface area (TPSA) is 59.8 Å².